The average molecular weight is 287 g/mol. The van der Waals surface area contributed by atoms with E-state index in [1.54, 1.807) is 0 Å². The Bertz CT molecular complexity index is 476. The SMILES string of the molecule is CCC(NCC1(C)CCCCC1)c1ccc2c(c1)CCO2. The molecular weight excluding hydrogens is 258 g/mol. The molecular formula is C19H29NO. The second kappa shape index (κ2) is 6.39. The predicted molar refractivity (Wildman–Crippen MR) is 87.9 cm³/mol. The van der Waals surface area contributed by atoms with Crippen LogP contribution in [0.25, 0.3) is 0 Å². The van der Waals surface area contributed by atoms with Gasteiger partial charge in [-0.15, -0.1) is 0 Å². The normalized spacial score (nSPS) is 21.6. The molecule has 1 fully saturated rings. The lowest BCUT2D eigenvalue weighted by atomic mass is 9.75. The maximum absolute atomic E-state index is 5.62. The van der Waals surface area contributed by atoms with Gasteiger partial charge in [0.15, 0.2) is 0 Å². The fourth-order valence-corrected chi connectivity index (χ4v) is 3.87. The molecule has 1 N–H and O–H groups in total. The Hall–Kier alpha value is -1.02. The number of fused-ring (bicyclic) bond motifs is 1. The van der Waals surface area contributed by atoms with Crippen molar-refractivity contribution in [2.45, 2.75) is 64.8 Å². The summed E-state index contributed by atoms with van der Waals surface area (Å²) in [6.45, 7) is 6.74. The molecule has 1 heterocycles. The minimum atomic E-state index is 0.481. The third-order valence-electron chi connectivity index (χ3n) is 5.36. The fourth-order valence-electron chi connectivity index (χ4n) is 3.87. The molecule has 2 aliphatic rings. The molecule has 0 aromatic heterocycles. The Morgan fingerprint density at radius 2 is 2.05 bits per heavy atom. The molecule has 0 bridgehead atoms. The van der Waals surface area contributed by atoms with Crippen LogP contribution in [0, 0.1) is 5.41 Å². The summed E-state index contributed by atoms with van der Waals surface area (Å²) in [7, 11) is 0. The van der Waals surface area contributed by atoms with E-state index in [1.807, 2.05) is 0 Å². The molecule has 2 heteroatoms. The van der Waals surface area contributed by atoms with Crippen LogP contribution in [0.4, 0.5) is 0 Å². The highest BCUT2D eigenvalue weighted by Gasteiger charge is 2.27. The Morgan fingerprint density at radius 3 is 2.81 bits per heavy atom. The summed E-state index contributed by atoms with van der Waals surface area (Å²) in [5.41, 5.74) is 3.32. The second-order valence-corrected chi connectivity index (χ2v) is 7.18. The zero-order chi connectivity index (χ0) is 14.7. The van der Waals surface area contributed by atoms with Crippen LogP contribution in [0.2, 0.25) is 0 Å². The first-order chi connectivity index (χ1) is 10.2. The number of ether oxygens (including phenoxy) is 1. The lowest BCUT2D eigenvalue weighted by molar-refractivity contribution is 0.199. The highest BCUT2D eigenvalue weighted by molar-refractivity contribution is 5.40. The summed E-state index contributed by atoms with van der Waals surface area (Å²) >= 11 is 0. The topological polar surface area (TPSA) is 21.3 Å². The molecule has 1 atom stereocenters. The van der Waals surface area contributed by atoms with E-state index in [0.29, 0.717) is 11.5 Å². The van der Waals surface area contributed by atoms with Gasteiger partial charge in [0.05, 0.1) is 6.61 Å². The van der Waals surface area contributed by atoms with Crippen LogP contribution in [-0.2, 0) is 6.42 Å². The zero-order valence-electron chi connectivity index (χ0n) is 13.6. The van der Waals surface area contributed by atoms with E-state index in [0.717, 1.165) is 31.7 Å². The van der Waals surface area contributed by atoms with Crippen molar-refractivity contribution in [2.75, 3.05) is 13.2 Å². The summed E-state index contributed by atoms with van der Waals surface area (Å²) in [6.07, 6.45) is 9.23. The predicted octanol–water partition coefficient (Wildman–Crippen LogP) is 4.63. The Labute approximate surface area is 129 Å². The highest BCUT2D eigenvalue weighted by atomic mass is 16.5. The summed E-state index contributed by atoms with van der Waals surface area (Å²) in [5, 5.41) is 3.85. The summed E-state index contributed by atoms with van der Waals surface area (Å²) in [6, 6.07) is 7.24. The number of rotatable bonds is 5. The van der Waals surface area contributed by atoms with Gasteiger partial charge < -0.3 is 10.1 Å². The van der Waals surface area contributed by atoms with Gasteiger partial charge in [-0.3, -0.25) is 0 Å². The third kappa shape index (κ3) is 3.42. The lowest BCUT2D eigenvalue weighted by Gasteiger charge is -2.35. The van der Waals surface area contributed by atoms with Crippen LogP contribution in [0.15, 0.2) is 18.2 Å². The number of hydrogen-bond acceptors (Lipinski definition) is 2. The van der Waals surface area contributed by atoms with E-state index >= 15 is 0 Å². The average Bonchev–Trinajstić information content (AvgIpc) is 2.96. The summed E-state index contributed by atoms with van der Waals surface area (Å²) < 4.78 is 5.62. The van der Waals surface area contributed by atoms with Gasteiger partial charge in [0.2, 0.25) is 0 Å². The molecule has 0 saturated heterocycles. The molecule has 0 spiro atoms. The molecule has 1 unspecified atom stereocenters. The van der Waals surface area contributed by atoms with E-state index in [1.165, 1.54) is 43.2 Å². The van der Waals surface area contributed by atoms with Gasteiger partial charge in [-0.25, -0.2) is 0 Å². The van der Waals surface area contributed by atoms with E-state index < -0.39 is 0 Å². The number of hydrogen-bond donors (Lipinski definition) is 1. The van der Waals surface area contributed by atoms with Crippen LogP contribution < -0.4 is 10.1 Å². The summed E-state index contributed by atoms with van der Waals surface area (Å²) in [5.74, 6) is 1.09. The van der Waals surface area contributed by atoms with Crippen LogP contribution >= 0.6 is 0 Å². The fraction of sp³-hybridized carbons (Fsp3) is 0.684. The first-order valence-corrected chi connectivity index (χ1v) is 8.69. The molecule has 1 saturated carbocycles. The molecule has 21 heavy (non-hydrogen) atoms. The molecule has 2 nitrogen and oxygen atoms in total. The van der Waals surface area contributed by atoms with Gasteiger partial charge in [-0.1, -0.05) is 45.2 Å². The minimum Gasteiger partial charge on any atom is -0.493 e. The zero-order valence-corrected chi connectivity index (χ0v) is 13.6. The van der Waals surface area contributed by atoms with Gasteiger partial charge in [-0.05, 0) is 41.9 Å². The highest BCUT2D eigenvalue weighted by Crippen LogP contribution is 2.36. The standard InChI is InChI=1S/C19H29NO/c1-3-17(20-14-19(2)10-5-4-6-11-19)15-7-8-18-16(13-15)9-12-21-18/h7-8,13,17,20H,3-6,9-12,14H2,1-2H3. The van der Waals surface area contributed by atoms with Crippen molar-refractivity contribution in [3.63, 3.8) is 0 Å². The molecule has 116 valence electrons. The molecule has 1 aliphatic carbocycles. The van der Waals surface area contributed by atoms with Gasteiger partial charge in [0, 0.05) is 19.0 Å². The van der Waals surface area contributed by atoms with Crippen molar-refractivity contribution in [1.29, 1.82) is 0 Å². The quantitative estimate of drug-likeness (QED) is 0.852. The van der Waals surface area contributed by atoms with Crippen molar-refractivity contribution >= 4 is 0 Å². The van der Waals surface area contributed by atoms with E-state index in [4.69, 9.17) is 4.74 Å². The van der Waals surface area contributed by atoms with Crippen LogP contribution in [0.5, 0.6) is 5.75 Å². The van der Waals surface area contributed by atoms with Gasteiger partial charge in [0.25, 0.3) is 0 Å². The number of nitrogens with one attached hydrogen (secondary N) is 1. The minimum absolute atomic E-state index is 0.481. The van der Waals surface area contributed by atoms with Crippen molar-refractivity contribution in [3.8, 4) is 5.75 Å². The van der Waals surface area contributed by atoms with E-state index in [9.17, 15) is 0 Å². The smallest absolute Gasteiger partial charge is 0.122 e. The first-order valence-electron chi connectivity index (χ1n) is 8.69. The third-order valence-corrected chi connectivity index (χ3v) is 5.36. The first kappa shape index (κ1) is 14.9. The van der Waals surface area contributed by atoms with Gasteiger partial charge >= 0.3 is 0 Å². The van der Waals surface area contributed by atoms with Crippen molar-refractivity contribution in [1.82, 2.24) is 5.32 Å². The second-order valence-electron chi connectivity index (χ2n) is 7.18. The molecule has 3 rings (SSSR count). The van der Waals surface area contributed by atoms with Crippen molar-refractivity contribution in [2.24, 2.45) is 5.41 Å². The Kier molecular flexibility index (Phi) is 4.54. The monoisotopic (exact) mass is 287 g/mol. The molecule has 1 aliphatic heterocycles. The molecule has 0 radical (unpaired) electrons. The van der Waals surface area contributed by atoms with Crippen LogP contribution in [-0.4, -0.2) is 13.2 Å². The van der Waals surface area contributed by atoms with E-state index in [2.05, 4.69) is 37.4 Å². The van der Waals surface area contributed by atoms with Gasteiger partial charge in [0.1, 0.15) is 5.75 Å². The Morgan fingerprint density at radius 1 is 1.24 bits per heavy atom. The lowest BCUT2D eigenvalue weighted by Crippen LogP contribution is -2.35. The van der Waals surface area contributed by atoms with Gasteiger partial charge in [-0.2, -0.15) is 0 Å². The van der Waals surface area contributed by atoms with Crippen molar-refractivity contribution in [3.05, 3.63) is 29.3 Å². The molecule has 1 aromatic carbocycles. The number of benzene rings is 1. The summed E-state index contributed by atoms with van der Waals surface area (Å²) in [4.78, 5) is 0. The molecule has 1 aromatic rings. The van der Waals surface area contributed by atoms with E-state index in [-0.39, 0.29) is 0 Å². The Balaban J connectivity index is 1.64. The maximum Gasteiger partial charge on any atom is 0.122 e. The van der Waals surface area contributed by atoms with Crippen LogP contribution in [0.1, 0.15) is 69.5 Å². The van der Waals surface area contributed by atoms with Crippen molar-refractivity contribution < 1.29 is 4.74 Å². The maximum atomic E-state index is 5.62. The largest absolute Gasteiger partial charge is 0.493 e. The van der Waals surface area contributed by atoms with Crippen LogP contribution in [0.3, 0.4) is 0 Å². The molecule has 0 amide bonds.